The maximum atomic E-state index is 11.8. The molecule has 0 radical (unpaired) electrons. The highest BCUT2D eigenvalue weighted by molar-refractivity contribution is 7.90. The van der Waals surface area contributed by atoms with Crippen LogP contribution in [0, 0.1) is 0 Å². The number of anilines is 1. The summed E-state index contributed by atoms with van der Waals surface area (Å²) in [4.78, 5) is 0.00403. The molecule has 0 spiro atoms. The first-order valence-corrected chi connectivity index (χ1v) is 8.79. The van der Waals surface area contributed by atoms with Crippen molar-refractivity contribution in [1.29, 1.82) is 0 Å². The molecule has 0 atom stereocenters. The lowest BCUT2D eigenvalue weighted by molar-refractivity contribution is 0.577. The molecular weight excluding hydrogens is 276 g/mol. The summed E-state index contributed by atoms with van der Waals surface area (Å²) in [6, 6.07) is 6.10. The molecule has 6 nitrogen and oxygen atoms in total. The summed E-state index contributed by atoms with van der Waals surface area (Å²) in [5.74, 6) is -0.0558. The maximum absolute atomic E-state index is 11.8. The Labute approximate surface area is 107 Å². The average Bonchev–Trinajstić information content (AvgIpc) is 2.24. The van der Waals surface area contributed by atoms with E-state index in [1.807, 2.05) is 0 Å². The van der Waals surface area contributed by atoms with Crippen LogP contribution < -0.4 is 10.5 Å². The average molecular weight is 292 g/mol. The third-order valence-electron chi connectivity index (χ3n) is 2.19. The van der Waals surface area contributed by atoms with Crippen LogP contribution in [0.4, 0.5) is 5.69 Å². The van der Waals surface area contributed by atoms with E-state index in [1.165, 1.54) is 12.1 Å². The van der Waals surface area contributed by atoms with Crippen LogP contribution >= 0.6 is 0 Å². The van der Waals surface area contributed by atoms with Gasteiger partial charge in [-0.3, -0.25) is 0 Å². The number of sulfone groups is 1. The molecule has 0 aliphatic heterocycles. The van der Waals surface area contributed by atoms with Crippen molar-refractivity contribution >= 4 is 25.5 Å². The SMILES string of the molecule is CS(=O)(=O)CCCNS(=O)(=O)c1ccccc1N. The number of sulfonamides is 1. The molecule has 0 bridgehead atoms. The summed E-state index contributed by atoms with van der Waals surface area (Å²) >= 11 is 0. The third kappa shape index (κ3) is 4.63. The number of hydrogen-bond donors (Lipinski definition) is 2. The molecule has 0 saturated carbocycles. The van der Waals surface area contributed by atoms with Gasteiger partial charge in [0.05, 0.1) is 11.4 Å². The van der Waals surface area contributed by atoms with Crippen LogP contribution in [-0.4, -0.2) is 35.4 Å². The number of nitrogen functional groups attached to an aromatic ring is 1. The van der Waals surface area contributed by atoms with Crippen LogP contribution in [-0.2, 0) is 19.9 Å². The van der Waals surface area contributed by atoms with Crippen molar-refractivity contribution in [3.8, 4) is 0 Å². The second-order valence-corrected chi connectivity index (χ2v) is 7.91. The van der Waals surface area contributed by atoms with Gasteiger partial charge in [0.1, 0.15) is 14.7 Å². The van der Waals surface area contributed by atoms with E-state index in [9.17, 15) is 16.8 Å². The van der Waals surface area contributed by atoms with E-state index >= 15 is 0 Å². The normalized spacial score (nSPS) is 12.5. The molecule has 1 aromatic rings. The Bertz CT molecular complexity index is 609. The Morgan fingerprint density at radius 2 is 1.78 bits per heavy atom. The molecule has 0 aliphatic rings. The lowest BCUT2D eigenvalue weighted by atomic mass is 10.3. The largest absolute Gasteiger partial charge is 0.398 e. The van der Waals surface area contributed by atoms with Gasteiger partial charge in [-0.05, 0) is 18.6 Å². The highest BCUT2D eigenvalue weighted by Gasteiger charge is 2.16. The first kappa shape index (κ1) is 14.9. The molecule has 0 saturated heterocycles. The first-order chi connectivity index (χ1) is 8.22. The minimum atomic E-state index is -3.68. The van der Waals surface area contributed by atoms with Crippen molar-refractivity contribution in [1.82, 2.24) is 4.72 Å². The van der Waals surface area contributed by atoms with Crippen LogP contribution in [0.15, 0.2) is 29.2 Å². The molecule has 0 heterocycles. The fraction of sp³-hybridized carbons (Fsp3) is 0.400. The summed E-state index contributed by atoms with van der Waals surface area (Å²) in [5, 5.41) is 0. The van der Waals surface area contributed by atoms with Gasteiger partial charge in [0.25, 0.3) is 0 Å². The van der Waals surface area contributed by atoms with Crippen molar-refractivity contribution in [3.63, 3.8) is 0 Å². The second kappa shape index (κ2) is 5.68. The van der Waals surface area contributed by atoms with Crippen molar-refractivity contribution in [2.75, 3.05) is 24.3 Å². The number of nitrogens with two attached hydrogens (primary N) is 1. The molecule has 3 N–H and O–H groups in total. The fourth-order valence-corrected chi connectivity index (χ4v) is 3.22. The van der Waals surface area contributed by atoms with Crippen LogP contribution in [0.5, 0.6) is 0 Å². The van der Waals surface area contributed by atoms with E-state index in [4.69, 9.17) is 5.73 Å². The van der Waals surface area contributed by atoms with E-state index in [-0.39, 0.29) is 29.3 Å². The Hall–Kier alpha value is -1.12. The summed E-state index contributed by atoms with van der Waals surface area (Å²) in [6.07, 6.45) is 1.33. The Morgan fingerprint density at radius 1 is 1.17 bits per heavy atom. The lowest BCUT2D eigenvalue weighted by Gasteiger charge is -2.08. The number of hydrogen-bond acceptors (Lipinski definition) is 5. The fourth-order valence-electron chi connectivity index (χ4n) is 1.34. The third-order valence-corrected chi connectivity index (χ3v) is 4.76. The van der Waals surface area contributed by atoms with E-state index in [0.717, 1.165) is 6.26 Å². The van der Waals surface area contributed by atoms with Gasteiger partial charge in [-0.2, -0.15) is 0 Å². The lowest BCUT2D eigenvalue weighted by Crippen LogP contribution is -2.26. The van der Waals surface area contributed by atoms with Crippen molar-refractivity contribution < 1.29 is 16.8 Å². The van der Waals surface area contributed by atoms with Crippen LogP contribution in [0.1, 0.15) is 6.42 Å². The molecule has 0 aromatic heterocycles. The maximum Gasteiger partial charge on any atom is 0.242 e. The predicted molar refractivity (Wildman–Crippen MR) is 70.4 cm³/mol. The smallest absolute Gasteiger partial charge is 0.242 e. The monoisotopic (exact) mass is 292 g/mol. The zero-order chi connectivity index (χ0) is 13.8. The molecule has 1 rings (SSSR count). The highest BCUT2D eigenvalue weighted by Crippen LogP contribution is 2.16. The quantitative estimate of drug-likeness (QED) is 0.566. The Morgan fingerprint density at radius 3 is 2.33 bits per heavy atom. The molecular formula is C10H16N2O4S2. The Kier molecular flexibility index (Phi) is 4.71. The van der Waals surface area contributed by atoms with Gasteiger partial charge in [-0.25, -0.2) is 21.6 Å². The van der Waals surface area contributed by atoms with E-state index in [2.05, 4.69) is 4.72 Å². The van der Waals surface area contributed by atoms with Gasteiger partial charge in [0, 0.05) is 12.8 Å². The van der Waals surface area contributed by atoms with Gasteiger partial charge in [-0.15, -0.1) is 0 Å². The summed E-state index contributed by atoms with van der Waals surface area (Å²) in [7, 11) is -6.75. The molecule has 0 unspecified atom stereocenters. The van der Waals surface area contributed by atoms with Crippen molar-refractivity contribution in [2.45, 2.75) is 11.3 Å². The zero-order valence-electron chi connectivity index (χ0n) is 9.96. The molecule has 102 valence electrons. The highest BCUT2D eigenvalue weighted by atomic mass is 32.2. The summed E-state index contributed by atoms with van der Waals surface area (Å²) in [5.41, 5.74) is 5.73. The Balaban J connectivity index is 2.65. The second-order valence-electron chi connectivity index (χ2n) is 3.92. The van der Waals surface area contributed by atoms with Gasteiger partial charge < -0.3 is 5.73 Å². The van der Waals surface area contributed by atoms with Gasteiger partial charge in [0.2, 0.25) is 10.0 Å². The van der Waals surface area contributed by atoms with Crippen LogP contribution in [0.2, 0.25) is 0 Å². The molecule has 8 heteroatoms. The first-order valence-electron chi connectivity index (χ1n) is 5.24. The van der Waals surface area contributed by atoms with Gasteiger partial charge in [-0.1, -0.05) is 12.1 Å². The van der Waals surface area contributed by atoms with E-state index < -0.39 is 19.9 Å². The number of benzene rings is 1. The summed E-state index contributed by atoms with van der Waals surface area (Å²) < 4.78 is 47.8. The molecule has 1 aromatic carbocycles. The zero-order valence-corrected chi connectivity index (χ0v) is 11.6. The number of rotatable bonds is 6. The number of nitrogens with one attached hydrogen (secondary N) is 1. The molecule has 18 heavy (non-hydrogen) atoms. The minimum Gasteiger partial charge on any atom is -0.398 e. The van der Waals surface area contributed by atoms with Gasteiger partial charge in [0.15, 0.2) is 0 Å². The van der Waals surface area contributed by atoms with E-state index in [0.29, 0.717) is 0 Å². The topological polar surface area (TPSA) is 106 Å². The van der Waals surface area contributed by atoms with Crippen LogP contribution in [0.25, 0.3) is 0 Å². The van der Waals surface area contributed by atoms with Gasteiger partial charge >= 0.3 is 0 Å². The number of para-hydroxylation sites is 1. The molecule has 0 amide bonds. The minimum absolute atomic E-state index is 0.00403. The van der Waals surface area contributed by atoms with E-state index in [1.54, 1.807) is 12.1 Å². The van der Waals surface area contributed by atoms with Crippen molar-refractivity contribution in [3.05, 3.63) is 24.3 Å². The van der Waals surface area contributed by atoms with Crippen LogP contribution in [0.3, 0.4) is 0 Å². The standard InChI is InChI=1S/C10H16N2O4S2/c1-17(13,14)8-4-7-12-18(15,16)10-6-3-2-5-9(10)11/h2-3,5-6,12H,4,7-8,11H2,1H3. The van der Waals surface area contributed by atoms with Crippen molar-refractivity contribution in [2.24, 2.45) is 0 Å². The summed E-state index contributed by atoms with van der Waals surface area (Å²) in [6.45, 7) is 0.0593. The molecule has 0 fully saturated rings. The molecule has 0 aliphatic carbocycles. The predicted octanol–water partition coefficient (Wildman–Crippen LogP) is -0.0182.